The van der Waals surface area contributed by atoms with Crippen LogP contribution in [0.1, 0.15) is 40.0 Å². The van der Waals surface area contributed by atoms with Crippen molar-refractivity contribution in [3.05, 3.63) is 12.2 Å². The molecule has 2 aliphatic rings. The molecule has 0 radical (unpaired) electrons. The molecule has 0 spiro atoms. The van der Waals surface area contributed by atoms with E-state index in [4.69, 9.17) is 9.84 Å². The maximum Gasteiger partial charge on any atom is 0.331 e. The van der Waals surface area contributed by atoms with Gasteiger partial charge in [0.15, 0.2) is 0 Å². The van der Waals surface area contributed by atoms with Crippen LogP contribution in [-0.2, 0) is 14.3 Å². The molecule has 0 aromatic heterocycles. The summed E-state index contributed by atoms with van der Waals surface area (Å²) >= 11 is 0. The minimum atomic E-state index is -1.13. The molecule has 2 bridgehead atoms. The second-order valence-electron chi connectivity index (χ2n) is 6.21. The highest BCUT2D eigenvalue weighted by Gasteiger charge is 2.62. The van der Waals surface area contributed by atoms with E-state index in [1.54, 1.807) is 0 Å². The zero-order chi connectivity index (χ0) is 13.6. The predicted molar refractivity (Wildman–Crippen MR) is 65.9 cm³/mol. The van der Waals surface area contributed by atoms with E-state index in [9.17, 15) is 9.59 Å². The summed E-state index contributed by atoms with van der Waals surface area (Å²) < 4.78 is 5.45. The number of esters is 1. The van der Waals surface area contributed by atoms with Crippen molar-refractivity contribution in [2.75, 3.05) is 0 Å². The van der Waals surface area contributed by atoms with E-state index in [0.29, 0.717) is 5.92 Å². The first-order chi connectivity index (χ1) is 8.27. The van der Waals surface area contributed by atoms with Gasteiger partial charge in [-0.2, -0.15) is 0 Å². The molecule has 3 unspecified atom stereocenters. The topological polar surface area (TPSA) is 63.6 Å². The average Bonchev–Trinajstić information content (AvgIpc) is 2.59. The van der Waals surface area contributed by atoms with Crippen molar-refractivity contribution in [3.63, 3.8) is 0 Å². The van der Waals surface area contributed by atoms with Gasteiger partial charge in [0, 0.05) is 17.6 Å². The van der Waals surface area contributed by atoms with Crippen molar-refractivity contribution in [2.45, 2.75) is 46.1 Å². The quantitative estimate of drug-likeness (QED) is 0.618. The number of hydrogen-bond acceptors (Lipinski definition) is 3. The molecular formula is C14H20O4. The first-order valence-corrected chi connectivity index (χ1v) is 6.39. The Kier molecular flexibility index (Phi) is 2.99. The SMILES string of the molecule is CC1(C)C2CCC1(C)C(OC(=O)/C=C/C(=O)O)C2. The smallest absolute Gasteiger partial charge is 0.331 e. The number of hydrogen-bond donors (Lipinski definition) is 1. The van der Waals surface area contributed by atoms with Crippen molar-refractivity contribution in [1.29, 1.82) is 0 Å². The van der Waals surface area contributed by atoms with E-state index in [2.05, 4.69) is 20.8 Å². The normalized spacial score (nSPS) is 37.1. The first-order valence-electron chi connectivity index (χ1n) is 6.39. The van der Waals surface area contributed by atoms with Crippen LogP contribution in [0.2, 0.25) is 0 Å². The molecule has 0 aliphatic heterocycles. The van der Waals surface area contributed by atoms with Crippen LogP contribution in [0, 0.1) is 16.7 Å². The molecule has 4 nitrogen and oxygen atoms in total. The molecule has 18 heavy (non-hydrogen) atoms. The Morgan fingerprint density at radius 2 is 1.94 bits per heavy atom. The van der Waals surface area contributed by atoms with Crippen molar-refractivity contribution in [1.82, 2.24) is 0 Å². The van der Waals surface area contributed by atoms with Gasteiger partial charge in [-0.15, -0.1) is 0 Å². The molecule has 0 aromatic carbocycles. The van der Waals surface area contributed by atoms with Crippen LogP contribution in [0.25, 0.3) is 0 Å². The second kappa shape index (κ2) is 4.11. The number of rotatable bonds is 3. The Bertz CT molecular complexity index is 410. The van der Waals surface area contributed by atoms with Gasteiger partial charge in [-0.3, -0.25) is 0 Å². The van der Waals surface area contributed by atoms with Crippen LogP contribution in [-0.4, -0.2) is 23.1 Å². The molecule has 0 saturated heterocycles. The fourth-order valence-electron chi connectivity index (χ4n) is 3.63. The lowest BCUT2D eigenvalue weighted by atomic mass is 9.70. The van der Waals surface area contributed by atoms with Crippen molar-refractivity contribution in [3.8, 4) is 0 Å². The van der Waals surface area contributed by atoms with Crippen molar-refractivity contribution < 1.29 is 19.4 Å². The lowest BCUT2D eigenvalue weighted by Gasteiger charge is -2.38. The fraction of sp³-hybridized carbons (Fsp3) is 0.714. The van der Waals surface area contributed by atoms with Gasteiger partial charge in [0.05, 0.1) is 0 Å². The van der Waals surface area contributed by atoms with E-state index in [1.165, 1.54) is 6.42 Å². The highest BCUT2D eigenvalue weighted by molar-refractivity contribution is 5.90. The summed E-state index contributed by atoms with van der Waals surface area (Å²) in [5, 5.41) is 8.47. The maximum atomic E-state index is 11.6. The summed E-state index contributed by atoms with van der Waals surface area (Å²) in [6, 6.07) is 0. The third-order valence-electron chi connectivity index (χ3n) is 5.33. The summed E-state index contributed by atoms with van der Waals surface area (Å²) in [6.07, 6.45) is 4.90. The van der Waals surface area contributed by atoms with Gasteiger partial charge in [0.1, 0.15) is 6.10 Å². The van der Waals surface area contributed by atoms with Gasteiger partial charge in [0.2, 0.25) is 0 Å². The number of carboxylic acid groups (broad SMARTS) is 1. The standard InChI is InChI=1S/C14H20O4/c1-13(2)9-6-7-14(13,3)10(8-9)18-12(17)5-4-11(15)16/h4-5,9-10H,6-8H2,1-3H3,(H,15,16)/b5-4+. The molecule has 0 amide bonds. The molecule has 3 atom stereocenters. The van der Waals surface area contributed by atoms with Gasteiger partial charge in [0.25, 0.3) is 0 Å². The van der Waals surface area contributed by atoms with Crippen molar-refractivity contribution in [2.24, 2.45) is 16.7 Å². The number of carboxylic acids is 1. The lowest BCUT2D eigenvalue weighted by Crippen LogP contribution is -2.38. The van der Waals surface area contributed by atoms with Crippen LogP contribution in [0.4, 0.5) is 0 Å². The Morgan fingerprint density at radius 1 is 1.28 bits per heavy atom. The molecule has 0 heterocycles. The maximum absolute atomic E-state index is 11.6. The average molecular weight is 252 g/mol. The Morgan fingerprint density at radius 3 is 2.39 bits per heavy atom. The minimum absolute atomic E-state index is 0.0182. The zero-order valence-corrected chi connectivity index (χ0v) is 11.1. The molecule has 4 heteroatoms. The molecule has 2 aliphatic carbocycles. The third kappa shape index (κ3) is 1.84. The molecule has 1 N–H and O–H groups in total. The van der Waals surface area contributed by atoms with Crippen LogP contribution < -0.4 is 0 Å². The predicted octanol–water partition coefficient (Wildman–Crippen LogP) is 2.39. The Hall–Kier alpha value is -1.32. The Labute approximate surface area is 107 Å². The van der Waals surface area contributed by atoms with Crippen LogP contribution in [0.3, 0.4) is 0 Å². The zero-order valence-electron chi connectivity index (χ0n) is 11.1. The van der Waals surface area contributed by atoms with E-state index in [0.717, 1.165) is 25.0 Å². The summed E-state index contributed by atoms with van der Waals surface area (Å²) in [6.45, 7) is 6.66. The summed E-state index contributed by atoms with van der Waals surface area (Å²) in [5.74, 6) is -1.08. The van der Waals surface area contributed by atoms with Crippen LogP contribution >= 0.6 is 0 Å². The number of carbonyl (C=O) groups excluding carboxylic acids is 1. The van der Waals surface area contributed by atoms with Gasteiger partial charge in [-0.05, 0) is 30.6 Å². The summed E-state index contributed by atoms with van der Waals surface area (Å²) in [7, 11) is 0. The van der Waals surface area contributed by atoms with Crippen molar-refractivity contribution >= 4 is 11.9 Å². The highest BCUT2D eigenvalue weighted by Crippen LogP contribution is 2.66. The summed E-state index contributed by atoms with van der Waals surface area (Å²) in [5.41, 5.74) is 0.207. The molecule has 100 valence electrons. The van der Waals surface area contributed by atoms with Crippen LogP contribution in [0.15, 0.2) is 12.2 Å². The molecule has 0 aromatic rings. The number of carbonyl (C=O) groups is 2. The van der Waals surface area contributed by atoms with Crippen LogP contribution in [0.5, 0.6) is 0 Å². The second-order valence-corrected chi connectivity index (χ2v) is 6.21. The number of fused-ring (bicyclic) bond motifs is 2. The number of ether oxygens (including phenoxy) is 1. The van der Waals surface area contributed by atoms with E-state index >= 15 is 0 Å². The van der Waals surface area contributed by atoms with Gasteiger partial charge in [-0.25, -0.2) is 9.59 Å². The monoisotopic (exact) mass is 252 g/mol. The van der Waals surface area contributed by atoms with Gasteiger partial charge >= 0.3 is 11.9 Å². The molecule has 2 fully saturated rings. The number of aliphatic carboxylic acids is 1. The van der Waals surface area contributed by atoms with E-state index in [-0.39, 0.29) is 16.9 Å². The Balaban J connectivity index is 2.05. The highest BCUT2D eigenvalue weighted by atomic mass is 16.5. The fourth-order valence-corrected chi connectivity index (χ4v) is 3.63. The molecule has 2 rings (SSSR count). The molecular weight excluding hydrogens is 232 g/mol. The van der Waals surface area contributed by atoms with Gasteiger partial charge in [-0.1, -0.05) is 20.8 Å². The first kappa shape index (κ1) is 13.1. The van der Waals surface area contributed by atoms with E-state index < -0.39 is 11.9 Å². The lowest BCUT2D eigenvalue weighted by molar-refractivity contribution is -0.151. The van der Waals surface area contributed by atoms with Gasteiger partial charge < -0.3 is 9.84 Å². The third-order valence-corrected chi connectivity index (χ3v) is 5.33. The largest absolute Gasteiger partial charge is 0.478 e. The minimum Gasteiger partial charge on any atom is -0.478 e. The van der Waals surface area contributed by atoms with E-state index in [1.807, 2.05) is 0 Å². The molecule has 2 saturated carbocycles. The summed E-state index contributed by atoms with van der Waals surface area (Å²) in [4.78, 5) is 21.9.